The number of aromatic nitrogens is 4. The van der Waals surface area contributed by atoms with Crippen LogP contribution < -0.4 is 0 Å². The Kier molecular flexibility index (Phi) is 7.39. The van der Waals surface area contributed by atoms with E-state index in [1.807, 2.05) is 0 Å². The molecule has 0 fully saturated rings. The van der Waals surface area contributed by atoms with Crippen molar-refractivity contribution in [2.75, 3.05) is 0 Å². The van der Waals surface area contributed by atoms with Gasteiger partial charge in [-0.05, 0) is 36.8 Å². The van der Waals surface area contributed by atoms with Crippen molar-refractivity contribution in [1.82, 2.24) is 20.2 Å². The summed E-state index contributed by atoms with van der Waals surface area (Å²) in [7, 11) is 0. The largest absolute Gasteiger partial charge is 0.416 e. The van der Waals surface area contributed by atoms with Crippen LogP contribution in [-0.2, 0) is 18.9 Å². The topological polar surface area (TPSA) is 77.0 Å². The second-order valence-corrected chi connectivity index (χ2v) is 9.57. The van der Waals surface area contributed by atoms with Crippen molar-refractivity contribution in [2.24, 2.45) is 0 Å². The molecule has 0 bridgehead atoms. The third-order valence-electron chi connectivity index (χ3n) is 6.36. The number of nitrogens with zero attached hydrogens (tertiary/aromatic N) is 4. The molecule has 41 heavy (non-hydrogen) atoms. The first-order chi connectivity index (χ1) is 19.3. The number of rotatable bonds is 6. The third-order valence-corrected chi connectivity index (χ3v) is 6.70. The van der Waals surface area contributed by atoms with E-state index in [4.69, 9.17) is 16.1 Å². The molecule has 1 atom stereocenters. The number of benzene rings is 3. The number of aryl methyl sites for hydroxylation is 1. The molecule has 1 unspecified atom stereocenters. The first kappa shape index (κ1) is 28.4. The van der Waals surface area contributed by atoms with Gasteiger partial charge in [-0.25, -0.2) is 4.68 Å². The number of alkyl halides is 6. The van der Waals surface area contributed by atoms with Crippen molar-refractivity contribution in [2.45, 2.75) is 31.9 Å². The molecule has 0 aliphatic carbocycles. The SMILES string of the molecule is Cc1noc(-c2nnn(Cc3cc(C(F)(F)F)cc(C(F)(F)F)c3)c2-c2ccccc2)c1C(O)c1ccccc1Cl. The average Bonchev–Trinajstić information content (AvgIpc) is 3.51. The molecule has 0 radical (unpaired) electrons. The van der Waals surface area contributed by atoms with Crippen LogP contribution in [0.15, 0.2) is 77.3 Å². The molecule has 13 heteroatoms. The molecular formula is C28H19ClF6N4O2. The van der Waals surface area contributed by atoms with Crippen LogP contribution in [-0.4, -0.2) is 25.3 Å². The summed E-state index contributed by atoms with van der Waals surface area (Å²) in [5.41, 5.74) is -1.51. The van der Waals surface area contributed by atoms with Crippen LogP contribution in [0.1, 0.15) is 39.6 Å². The molecule has 0 aliphatic rings. The Morgan fingerprint density at radius 2 is 1.51 bits per heavy atom. The summed E-state index contributed by atoms with van der Waals surface area (Å²) in [6.45, 7) is 1.11. The molecule has 2 heterocycles. The Bertz CT molecular complexity index is 1660. The van der Waals surface area contributed by atoms with E-state index in [-0.39, 0.29) is 39.4 Å². The quantitative estimate of drug-likeness (QED) is 0.204. The molecular weight excluding hydrogens is 574 g/mol. The van der Waals surface area contributed by atoms with Crippen LogP contribution in [0, 0.1) is 6.92 Å². The van der Waals surface area contributed by atoms with Gasteiger partial charge in [-0.3, -0.25) is 0 Å². The van der Waals surface area contributed by atoms with Gasteiger partial charge in [-0.2, -0.15) is 26.3 Å². The van der Waals surface area contributed by atoms with Crippen molar-refractivity contribution in [3.63, 3.8) is 0 Å². The van der Waals surface area contributed by atoms with Gasteiger partial charge >= 0.3 is 12.4 Å². The number of aliphatic hydroxyl groups is 1. The lowest BCUT2D eigenvalue weighted by Crippen LogP contribution is -2.13. The number of halogens is 7. The normalized spacial score (nSPS) is 13.0. The van der Waals surface area contributed by atoms with Gasteiger partial charge in [0.05, 0.1) is 28.9 Å². The number of hydrogen-bond acceptors (Lipinski definition) is 5. The second kappa shape index (κ2) is 10.7. The van der Waals surface area contributed by atoms with Crippen LogP contribution in [0.5, 0.6) is 0 Å². The van der Waals surface area contributed by atoms with Gasteiger partial charge in [-0.15, -0.1) is 5.10 Å². The summed E-state index contributed by atoms with van der Waals surface area (Å²) in [5.74, 6) is 0.0139. The second-order valence-electron chi connectivity index (χ2n) is 9.16. The Hall–Kier alpha value is -4.16. The molecule has 0 amide bonds. The standard InChI is InChI=1S/C28H19ClF6N4O2/c1-15-22(25(40)20-9-5-6-10-21(20)29)26(41-37-15)23-24(17-7-3-2-4-8-17)39(38-36-23)14-16-11-18(27(30,31)32)13-19(12-16)28(33,34)35/h2-13,25,40H,14H2,1H3. The van der Waals surface area contributed by atoms with Crippen LogP contribution in [0.4, 0.5) is 26.3 Å². The Morgan fingerprint density at radius 1 is 0.902 bits per heavy atom. The zero-order valence-electron chi connectivity index (χ0n) is 21.0. The first-order valence-electron chi connectivity index (χ1n) is 12.0. The van der Waals surface area contributed by atoms with Crippen molar-refractivity contribution in [3.05, 3.63) is 111 Å². The monoisotopic (exact) mass is 592 g/mol. The lowest BCUT2D eigenvalue weighted by Gasteiger charge is -2.15. The molecule has 5 rings (SSSR count). The van der Waals surface area contributed by atoms with Gasteiger partial charge in [-0.1, -0.05) is 70.5 Å². The van der Waals surface area contributed by atoms with Gasteiger partial charge < -0.3 is 9.63 Å². The highest BCUT2D eigenvalue weighted by molar-refractivity contribution is 6.31. The maximum atomic E-state index is 13.5. The molecule has 5 aromatic rings. The molecule has 2 aromatic heterocycles. The average molecular weight is 593 g/mol. The minimum absolute atomic E-state index is 0.0139. The Balaban J connectivity index is 1.66. The van der Waals surface area contributed by atoms with Gasteiger partial charge in [0.15, 0.2) is 11.5 Å². The smallest absolute Gasteiger partial charge is 0.383 e. The Morgan fingerprint density at radius 3 is 2.12 bits per heavy atom. The maximum Gasteiger partial charge on any atom is 0.416 e. The van der Waals surface area contributed by atoms with Crippen LogP contribution in [0.3, 0.4) is 0 Å². The number of aliphatic hydroxyl groups excluding tert-OH is 1. The highest BCUT2D eigenvalue weighted by Crippen LogP contribution is 2.40. The molecule has 6 nitrogen and oxygen atoms in total. The highest BCUT2D eigenvalue weighted by Gasteiger charge is 2.37. The van der Waals surface area contributed by atoms with E-state index in [9.17, 15) is 31.4 Å². The van der Waals surface area contributed by atoms with Crippen LogP contribution in [0.2, 0.25) is 5.02 Å². The summed E-state index contributed by atoms with van der Waals surface area (Å²) in [6.07, 6.45) is -11.3. The summed E-state index contributed by atoms with van der Waals surface area (Å²) < 4.78 is 87.6. The molecule has 0 saturated carbocycles. The molecule has 212 valence electrons. The Labute approximate surface area is 233 Å². The van der Waals surface area contributed by atoms with Crippen molar-refractivity contribution >= 4 is 11.6 Å². The minimum atomic E-state index is -5.01. The van der Waals surface area contributed by atoms with Gasteiger partial charge in [0.25, 0.3) is 0 Å². The minimum Gasteiger partial charge on any atom is -0.383 e. The van der Waals surface area contributed by atoms with E-state index in [2.05, 4.69) is 15.5 Å². The lowest BCUT2D eigenvalue weighted by atomic mass is 9.97. The predicted octanol–water partition coefficient (Wildman–Crippen LogP) is 7.73. The van der Waals surface area contributed by atoms with E-state index in [1.54, 1.807) is 61.5 Å². The zero-order valence-corrected chi connectivity index (χ0v) is 21.8. The van der Waals surface area contributed by atoms with E-state index < -0.39 is 36.1 Å². The molecule has 0 spiro atoms. The van der Waals surface area contributed by atoms with E-state index in [0.29, 0.717) is 29.0 Å². The van der Waals surface area contributed by atoms with Gasteiger partial charge in [0.2, 0.25) is 0 Å². The van der Waals surface area contributed by atoms with Gasteiger partial charge in [0.1, 0.15) is 11.8 Å². The van der Waals surface area contributed by atoms with Crippen molar-refractivity contribution < 1.29 is 36.0 Å². The lowest BCUT2D eigenvalue weighted by molar-refractivity contribution is -0.143. The van der Waals surface area contributed by atoms with E-state index in [0.717, 1.165) is 0 Å². The fourth-order valence-corrected chi connectivity index (χ4v) is 4.70. The summed E-state index contributed by atoms with van der Waals surface area (Å²) in [6, 6.07) is 16.4. The molecule has 0 aliphatic heterocycles. The summed E-state index contributed by atoms with van der Waals surface area (Å²) in [5, 5.41) is 23.7. The number of hydrogen-bond donors (Lipinski definition) is 1. The van der Waals surface area contributed by atoms with Crippen molar-refractivity contribution in [1.29, 1.82) is 0 Å². The van der Waals surface area contributed by atoms with Crippen molar-refractivity contribution in [3.8, 4) is 22.7 Å². The fraction of sp³-hybridized carbons (Fsp3) is 0.179. The fourth-order valence-electron chi connectivity index (χ4n) is 4.46. The molecule has 0 saturated heterocycles. The highest BCUT2D eigenvalue weighted by atomic mass is 35.5. The van der Waals surface area contributed by atoms with Crippen LogP contribution >= 0.6 is 11.6 Å². The maximum absolute atomic E-state index is 13.5. The van der Waals surface area contributed by atoms with Gasteiger partial charge in [0, 0.05) is 16.1 Å². The zero-order chi connectivity index (χ0) is 29.5. The third kappa shape index (κ3) is 5.70. The van der Waals surface area contributed by atoms with E-state index in [1.165, 1.54) is 4.68 Å². The van der Waals surface area contributed by atoms with E-state index >= 15 is 0 Å². The summed E-state index contributed by atoms with van der Waals surface area (Å²) in [4.78, 5) is 0. The molecule has 1 N–H and O–H groups in total. The molecule has 3 aromatic carbocycles. The summed E-state index contributed by atoms with van der Waals surface area (Å²) >= 11 is 6.29. The first-order valence-corrected chi connectivity index (χ1v) is 12.4. The van der Waals surface area contributed by atoms with Crippen LogP contribution in [0.25, 0.3) is 22.7 Å². The predicted molar refractivity (Wildman–Crippen MR) is 137 cm³/mol.